The number of amides is 1. The smallest absolute Gasteiger partial charge is 0.259 e. The molecule has 6 nitrogen and oxygen atoms in total. The average molecular weight is 472 g/mol. The summed E-state index contributed by atoms with van der Waals surface area (Å²) in [4.78, 5) is 27.0. The zero-order chi connectivity index (χ0) is 24.9. The molecule has 0 radical (unpaired) electrons. The zero-order valence-electron chi connectivity index (χ0n) is 20.8. The van der Waals surface area contributed by atoms with E-state index in [1.54, 1.807) is 17.0 Å². The lowest BCUT2D eigenvalue weighted by atomic mass is 9.86. The molecular formula is C28H30FN5O. The first-order chi connectivity index (χ1) is 16.7. The van der Waals surface area contributed by atoms with Gasteiger partial charge in [0.25, 0.3) is 5.91 Å². The molecule has 0 bridgehead atoms. The first-order valence-electron chi connectivity index (χ1n) is 11.9. The minimum absolute atomic E-state index is 0.0734. The molecule has 3 heterocycles. The van der Waals surface area contributed by atoms with Crippen LogP contribution in [0.2, 0.25) is 0 Å². The standard InChI is InChI=1S/C28H30FN5O/c1-18-14-21(6-11-25(18)32-16-19(2)31-17-32)15-24-26(35)34(20(3)22-7-9-23(29)10-8-22)27-30-12-13-33(27)28(24,4)5/h6-11,14-17,20H,12-13H2,1-5H3/b24-15-. The van der Waals surface area contributed by atoms with E-state index in [4.69, 9.17) is 0 Å². The van der Waals surface area contributed by atoms with Gasteiger partial charge in [-0.15, -0.1) is 0 Å². The third kappa shape index (κ3) is 3.95. The molecule has 0 aliphatic carbocycles. The van der Waals surface area contributed by atoms with E-state index in [-0.39, 0.29) is 17.8 Å². The van der Waals surface area contributed by atoms with E-state index < -0.39 is 5.54 Å². The summed E-state index contributed by atoms with van der Waals surface area (Å²) in [5.74, 6) is 0.323. The van der Waals surface area contributed by atoms with Crippen LogP contribution in [0, 0.1) is 19.7 Å². The first kappa shape index (κ1) is 23.0. The average Bonchev–Trinajstić information content (AvgIpc) is 3.47. The van der Waals surface area contributed by atoms with Gasteiger partial charge in [0.15, 0.2) is 0 Å². The van der Waals surface area contributed by atoms with Crippen molar-refractivity contribution < 1.29 is 9.18 Å². The number of guanidine groups is 1. The highest BCUT2D eigenvalue weighted by Gasteiger charge is 2.49. The maximum Gasteiger partial charge on any atom is 0.259 e. The predicted octanol–water partition coefficient (Wildman–Crippen LogP) is 5.07. The van der Waals surface area contributed by atoms with Crippen LogP contribution < -0.4 is 0 Å². The maximum atomic E-state index is 14.0. The van der Waals surface area contributed by atoms with Crippen LogP contribution in [0.25, 0.3) is 11.8 Å². The minimum Gasteiger partial charge on any atom is -0.331 e. The van der Waals surface area contributed by atoms with Crippen LogP contribution in [0.1, 0.15) is 49.2 Å². The van der Waals surface area contributed by atoms with Crippen molar-refractivity contribution in [3.8, 4) is 5.69 Å². The van der Waals surface area contributed by atoms with Gasteiger partial charge in [0.05, 0.1) is 30.1 Å². The molecule has 3 aromatic rings. The van der Waals surface area contributed by atoms with Crippen molar-refractivity contribution in [1.82, 2.24) is 19.4 Å². The van der Waals surface area contributed by atoms with Gasteiger partial charge in [-0.1, -0.05) is 18.2 Å². The molecule has 2 aromatic carbocycles. The van der Waals surface area contributed by atoms with Crippen LogP contribution in [0.5, 0.6) is 0 Å². The van der Waals surface area contributed by atoms with Crippen LogP contribution in [-0.2, 0) is 4.79 Å². The summed E-state index contributed by atoms with van der Waals surface area (Å²) in [6.07, 6.45) is 5.81. The number of aryl methyl sites for hydroxylation is 2. The maximum absolute atomic E-state index is 14.0. The number of hydrogen-bond acceptors (Lipinski definition) is 4. The minimum atomic E-state index is -0.514. The van der Waals surface area contributed by atoms with Gasteiger partial charge in [0, 0.05) is 24.0 Å². The van der Waals surface area contributed by atoms with Crippen molar-refractivity contribution in [3.63, 3.8) is 0 Å². The molecule has 1 amide bonds. The summed E-state index contributed by atoms with van der Waals surface area (Å²) in [6.45, 7) is 11.5. The number of halogens is 1. The molecule has 0 spiro atoms. The Morgan fingerprint density at radius 2 is 1.86 bits per heavy atom. The molecule has 1 unspecified atom stereocenters. The Kier molecular flexibility index (Phi) is 5.58. The monoisotopic (exact) mass is 471 g/mol. The number of fused-ring (bicyclic) bond motifs is 1. The van der Waals surface area contributed by atoms with Crippen LogP contribution in [0.3, 0.4) is 0 Å². The van der Waals surface area contributed by atoms with Crippen LogP contribution >= 0.6 is 0 Å². The highest BCUT2D eigenvalue weighted by molar-refractivity contribution is 6.13. The van der Waals surface area contributed by atoms with Gasteiger partial charge in [-0.2, -0.15) is 0 Å². The Morgan fingerprint density at radius 1 is 1.11 bits per heavy atom. The summed E-state index contributed by atoms with van der Waals surface area (Å²) < 4.78 is 15.5. The normalized spacial score (nSPS) is 19.2. The number of imidazole rings is 1. The Bertz CT molecular complexity index is 1350. The van der Waals surface area contributed by atoms with Gasteiger partial charge in [-0.25, -0.2) is 9.37 Å². The topological polar surface area (TPSA) is 53.7 Å². The van der Waals surface area contributed by atoms with Gasteiger partial charge in [0.1, 0.15) is 5.82 Å². The van der Waals surface area contributed by atoms with Gasteiger partial charge < -0.3 is 9.47 Å². The lowest BCUT2D eigenvalue weighted by molar-refractivity contribution is -0.128. The quantitative estimate of drug-likeness (QED) is 0.500. The molecular weight excluding hydrogens is 441 g/mol. The third-order valence-electron chi connectivity index (χ3n) is 7.08. The molecule has 7 heteroatoms. The number of nitrogens with zero attached hydrogens (tertiary/aromatic N) is 5. The molecule has 5 rings (SSSR count). The van der Waals surface area contributed by atoms with Crippen molar-refractivity contribution in [1.29, 1.82) is 0 Å². The largest absolute Gasteiger partial charge is 0.331 e. The van der Waals surface area contributed by atoms with Crippen LogP contribution in [0.15, 0.2) is 65.6 Å². The third-order valence-corrected chi connectivity index (χ3v) is 7.08. The number of rotatable bonds is 4. The number of carbonyl (C=O) groups is 1. The Hall–Kier alpha value is -3.74. The summed E-state index contributed by atoms with van der Waals surface area (Å²) in [5.41, 5.74) is 5.14. The van der Waals surface area contributed by atoms with Crippen molar-refractivity contribution in [2.75, 3.05) is 13.1 Å². The second kappa shape index (κ2) is 8.48. The van der Waals surface area contributed by atoms with E-state index in [9.17, 15) is 9.18 Å². The lowest BCUT2D eigenvalue weighted by Crippen LogP contribution is -2.62. The van der Waals surface area contributed by atoms with Crippen molar-refractivity contribution in [2.45, 2.75) is 46.2 Å². The highest BCUT2D eigenvalue weighted by atomic mass is 19.1. The fourth-order valence-corrected chi connectivity index (χ4v) is 5.05. The molecule has 2 aliphatic rings. The summed E-state index contributed by atoms with van der Waals surface area (Å²) >= 11 is 0. The summed E-state index contributed by atoms with van der Waals surface area (Å²) in [7, 11) is 0. The highest BCUT2D eigenvalue weighted by Crippen LogP contribution is 2.39. The van der Waals surface area contributed by atoms with Gasteiger partial charge >= 0.3 is 0 Å². The van der Waals surface area contributed by atoms with Gasteiger partial charge in [0.2, 0.25) is 5.96 Å². The Balaban J connectivity index is 1.55. The zero-order valence-corrected chi connectivity index (χ0v) is 20.8. The number of benzene rings is 2. The second-order valence-electron chi connectivity index (χ2n) is 9.82. The van der Waals surface area contributed by atoms with E-state index in [0.717, 1.165) is 34.6 Å². The molecule has 180 valence electrons. The molecule has 1 saturated heterocycles. The molecule has 35 heavy (non-hydrogen) atoms. The van der Waals surface area contributed by atoms with Crippen LogP contribution in [0.4, 0.5) is 4.39 Å². The molecule has 1 fully saturated rings. The molecule has 2 aliphatic heterocycles. The molecule has 1 aromatic heterocycles. The van der Waals surface area contributed by atoms with E-state index in [1.165, 1.54) is 12.1 Å². The Morgan fingerprint density at radius 3 is 2.51 bits per heavy atom. The molecule has 1 atom stereocenters. The number of carbonyl (C=O) groups excluding carboxylic acids is 1. The van der Waals surface area contributed by atoms with Crippen molar-refractivity contribution >= 4 is 17.9 Å². The number of hydrogen-bond donors (Lipinski definition) is 0. The van der Waals surface area contributed by atoms with Crippen LogP contribution in [-0.4, -0.2) is 49.8 Å². The van der Waals surface area contributed by atoms with E-state index in [1.807, 2.05) is 43.1 Å². The fraction of sp³-hybridized carbons (Fsp3) is 0.321. The molecule has 0 saturated carbocycles. The van der Waals surface area contributed by atoms with E-state index in [2.05, 4.69) is 47.8 Å². The SMILES string of the molecule is Cc1cn(-c2ccc(/C=C3/C(=O)N(C(C)c4ccc(F)cc4)C4=NCCN4C3(C)C)cc2C)cn1. The van der Waals surface area contributed by atoms with Crippen molar-refractivity contribution in [3.05, 3.63) is 88.8 Å². The second-order valence-corrected chi connectivity index (χ2v) is 9.82. The van der Waals surface area contributed by atoms with Crippen molar-refractivity contribution in [2.24, 2.45) is 4.99 Å². The first-order valence-corrected chi connectivity index (χ1v) is 11.9. The van der Waals surface area contributed by atoms with E-state index >= 15 is 0 Å². The molecule has 0 N–H and O–H groups in total. The fourth-order valence-electron chi connectivity index (χ4n) is 5.05. The Labute approximate surface area is 205 Å². The summed E-state index contributed by atoms with van der Waals surface area (Å²) in [6, 6.07) is 12.2. The van der Waals surface area contributed by atoms with Gasteiger partial charge in [-0.3, -0.25) is 14.7 Å². The number of aliphatic imine (C=N–C) groups is 1. The number of aromatic nitrogens is 2. The summed E-state index contributed by atoms with van der Waals surface area (Å²) in [5, 5.41) is 0. The van der Waals surface area contributed by atoms with Gasteiger partial charge in [-0.05, 0) is 81.7 Å². The predicted molar refractivity (Wildman–Crippen MR) is 136 cm³/mol. The van der Waals surface area contributed by atoms with E-state index in [0.29, 0.717) is 18.1 Å². The lowest BCUT2D eigenvalue weighted by Gasteiger charge is -2.49.